The minimum absolute atomic E-state index is 0.226. The number of furan rings is 1. The van der Waals surface area contributed by atoms with Crippen LogP contribution in [0.4, 0.5) is 0 Å². The first-order valence-electron chi connectivity index (χ1n) is 8.18. The molecule has 0 aromatic carbocycles. The molecule has 0 amide bonds. The third-order valence-electron chi connectivity index (χ3n) is 4.95. The fourth-order valence-electron chi connectivity index (χ4n) is 3.73. The number of hydrogen-bond acceptors (Lipinski definition) is 4. The second-order valence-electron chi connectivity index (χ2n) is 6.38. The predicted molar refractivity (Wildman–Crippen MR) is 88.2 cm³/mol. The number of nitrogens with two attached hydrogens (primary N) is 1. The van der Waals surface area contributed by atoms with Crippen LogP contribution >= 0.6 is 15.9 Å². The molecular formula is C16H26BrN3O. The molecule has 0 bridgehead atoms. The summed E-state index contributed by atoms with van der Waals surface area (Å²) < 4.78 is 6.50. The SMILES string of the molecule is NCC(c1ccc(Br)o1)N1CCC(CN2CCCC2)CC1. The van der Waals surface area contributed by atoms with E-state index in [1.807, 2.05) is 12.1 Å². The number of likely N-dealkylation sites (tertiary alicyclic amines) is 2. The standard InChI is InChI=1S/C16H26BrN3O/c17-16-4-3-15(21-16)14(11-18)20-9-5-13(6-10-20)12-19-7-1-2-8-19/h3-4,13-14H,1-2,5-12,18H2. The summed E-state index contributed by atoms with van der Waals surface area (Å²) in [6, 6.07) is 4.22. The second-order valence-corrected chi connectivity index (χ2v) is 7.16. The van der Waals surface area contributed by atoms with E-state index in [9.17, 15) is 0 Å². The van der Waals surface area contributed by atoms with Crippen LogP contribution < -0.4 is 5.73 Å². The van der Waals surface area contributed by atoms with Gasteiger partial charge in [0.15, 0.2) is 4.67 Å². The summed E-state index contributed by atoms with van der Waals surface area (Å²) in [7, 11) is 0. The maximum absolute atomic E-state index is 5.99. The second kappa shape index (κ2) is 7.27. The van der Waals surface area contributed by atoms with Crippen molar-refractivity contribution in [3.05, 3.63) is 22.6 Å². The first-order valence-corrected chi connectivity index (χ1v) is 8.97. The average Bonchev–Trinajstić information content (AvgIpc) is 3.14. The van der Waals surface area contributed by atoms with E-state index in [0.29, 0.717) is 6.54 Å². The van der Waals surface area contributed by atoms with Gasteiger partial charge in [0, 0.05) is 13.1 Å². The van der Waals surface area contributed by atoms with E-state index in [1.54, 1.807) is 0 Å². The van der Waals surface area contributed by atoms with E-state index in [-0.39, 0.29) is 6.04 Å². The maximum Gasteiger partial charge on any atom is 0.169 e. The largest absolute Gasteiger partial charge is 0.453 e. The van der Waals surface area contributed by atoms with Crippen LogP contribution in [0.2, 0.25) is 0 Å². The fraction of sp³-hybridized carbons (Fsp3) is 0.750. The molecule has 2 N–H and O–H groups in total. The van der Waals surface area contributed by atoms with E-state index in [2.05, 4.69) is 25.7 Å². The van der Waals surface area contributed by atoms with Gasteiger partial charge in [0.25, 0.3) is 0 Å². The van der Waals surface area contributed by atoms with Gasteiger partial charge in [0.05, 0.1) is 6.04 Å². The molecule has 21 heavy (non-hydrogen) atoms. The van der Waals surface area contributed by atoms with Crippen LogP contribution in [0.3, 0.4) is 0 Å². The summed E-state index contributed by atoms with van der Waals surface area (Å²) in [5.41, 5.74) is 5.99. The molecule has 2 aliphatic heterocycles. The van der Waals surface area contributed by atoms with Gasteiger partial charge in [0.2, 0.25) is 0 Å². The Labute approximate surface area is 135 Å². The van der Waals surface area contributed by atoms with Gasteiger partial charge < -0.3 is 15.1 Å². The zero-order valence-electron chi connectivity index (χ0n) is 12.6. The van der Waals surface area contributed by atoms with Crippen molar-refractivity contribution in [3.8, 4) is 0 Å². The highest BCUT2D eigenvalue weighted by Crippen LogP contribution is 2.29. The zero-order valence-corrected chi connectivity index (χ0v) is 14.2. The van der Waals surface area contributed by atoms with Crippen molar-refractivity contribution in [2.24, 2.45) is 11.7 Å². The van der Waals surface area contributed by atoms with Crippen molar-refractivity contribution in [2.45, 2.75) is 31.7 Å². The van der Waals surface area contributed by atoms with Gasteiger partial charge in [-0.1, -0.05) is 0 Å². The Bertz CT molecular complexity index is 436. The Morgan fingerprint density at radius 2 is 1.90 bits per heavy atom. The van der Waals surface area contributed by atoms with Crippen molar-refractivity contribution >= 4 is 15.9 Å². The molecule has 5 heteroatoms. The van der Waals surface area contributed by atoms with Gasteiger partial charge in [-0.25, -0.2) is 0 Å². The Kier molecular flexibility index (Phi) is 5.38. The molecule has 2 fully saturated rings. The molecule has 3 heterocycles. The van der Waals surface area contributed by atoms with Crippen molar-refractivity contribution in [1.82, 2.24) is 9.80 Å². The molecule has 4 nitrogen and oxygen atoms in total. The number of piperidine rings is 1. The Hall–Kier alpha value is -0.360. The lowest BCUT2D eigenvalue weighted by atomic mass is 9.95. The van der Waals surface area contributed by atoms with Crippen molar-refractivity contribution in [1.29, 1.82) is 0 Å². The molecule has 2 aliphatic rings. The van der Waals surface area contributed by atoms with Crippen LogP contribution in [0.15, 0.2) is 21.2 Å². The first kappa shape index (κ1) is 15.5. The van der Waals surface area contributed by atoms with Gasteiger partial charge in [-0.3, -0.25) is 4.90 Å². The summed E-state index contributed by atoms with van der Waals surface area (Å²) in [5.74, 6) is 1.85. The minimum Gasteiger partial charge on any atom is -0.453 e. The highest BCUT2D eigenvalue weighted by atomic mass is 79.9. The lowest BCUT2D eigenvalue weighted by Crippen LogP contribution is -2.42. The van der Waals surface area contributed by atoms with Crippen LogP contribution in [-0.2, 0) is 0 Å². The van der Waals surface area contributed by atoms with Crippen LogP contribution in [0, 0.1) is 5.92 Å². The highest BCUT2D eigenvalue weighted by Gasteiger charge is 2.28. The molecular weight excluding hydrogens is 330 g/mol. The Morgan fingerprint density at radius 3 is 2.48 bits per heavy atom. The molecule has 0 spiro atoms. The number of rotatable bonds is 5. The van der Waals surface area contributed by atoms with Gasteiger partial charge in [-0.2, -0.15) is 0 Å². The zero-order chi connectivity index (χ0) is 14.7. The number of nitrogens with zero attached hydrogens (tertiary/aromatic N) is 2. The Morgan fingerprint density at radius 1 is 1.19 bits per heavy atom. The molecule has 1 aromatic rings. The lowest BCUT2D eigenvalue weighted by Gasteiger charge is -2.37. The fourth-order valence-corrected chi connectivity index (χ4v) is 4.05. The molecule has 0 aliphatic carbocycles. The molecule has 0 radical (unpaired) electrons. The van der Waals surface area contributed by atoms with E-state index in [1.165, 1.54) is 45.3 Å². The summed E-state index contributed by atoms with van der Waals surface area (Å²) in [6.07, 6.45) is 5.35. The van der Waals surface area contributed by atoms with Crippen molar-refractivity contribution in [3.63, 3.8) is 0 Å². The molecule has 1 atom stereocenters. The monoisotopic (exact) mass is 355 g/mol. The van der Waals surface area contributed by atoms with E-state index in [0.717, 1.165) is 29.4 Å². The quantitative estimate of drug-likeness (QED) is 0.881. The van der Waals surface area contributed by atoms with Crippen molar-refractivity contribution in [2.75, 3.05) is 39.3 Å². The number of halogens is 1. The minimum atomic E-state index is 0.226. The molecule has 3 rings (SSSR count). The van der Waals surface area contributed by atoms with Crippen LogP contribution in [0.25, 0.3) is 0 Å². The van der Waals surface area contributed by atoms with Crippen LogP contribution in [0.1, 0.15) is 37.5 Å². The Balaban J connectivity index is 1.51. The van der Waals surface area contributed by atoms with E-state index in [4.69, 9.17) is 10.2 Å². The van der Waals surface area contributed by atoms with Crippen LogP contribution in [-0.4, -0.2) is 49.1 Å². The molecule has 1 aromatic heterocycles. The summed E-state index contributed by atoms with van der Waals surface area (Å²) >= 11 is 3.38. The summed E-state index contributed by atoms with van der Waals surface area (Å²) in [4.78, 5) is 5.14. The maximum atomic E-state index is 5.99. The number of hydrogen-bond donors (Lipinski definition) is 1. The molecule has 118 valence electrons. The van der Waals surface area contributed by atoms with Crippen molar-refractivity contribution < 1.29 is 4.42 Å². The normalized spacial score (nSPS) is 23.7. The van der Waals surface area contributed by atoms with Crippen LogP contribution in [0.5, 0.6) is 0 Å². The predicted octanol–water partition coefficient (Wildman–Crippen LogP) is 2.85. The third kappa shape index (κ3) is 3.89. The summed E-state index contributed by atoms with van der Waals surface area (Å²) in [5, 5.41) is 0. The van der Waals surface area contributed by atoms with Gasteiger partial charge in [-0.15, -0.1) is 0 Å². The highest BCUT2D eigenvalue weighted by molar-refractivity contribution is 9.10. The molecule has 1 unspecified atom stereocenters. The van der Waals surface area contributed by atoms with Gasteiger partial charge in [0.1, 0.15) is 5.76 Å². The topological polar surface area (TPSA) is 45.6 Å². The lowest BCUT2D eigenvalue weighted by molar-refractivity contribution is 0.107. The van der Waals surface area contributed by atoms with Gasteiger partial charge >= 0.3 is 0 Å². The van der Waals surface area contributed by atoms with E-state index < -0.39 is 0 Å². The third-order valence-corrected chi connectivity index (χ3v) is 5.38. The average molecular weight is 356 g/mol. The first-order chi connectivity index (χ1) is 10.3. The van der Waals surface area contributed by atoms with E-state index >= 15 is 0 Å². The smallest absolute Gasteiger partial charge is 0.169 e. The molecule has 2 saturated heterocycles. The summed E-state index contributed by atoms with van der Waals surface area (Å²) in [6.45, 7) is 6.82. The van der Waals surface area contributed by atoms with Gasteiger partial charge in [-0.05, 0) is 85.8 Å². The molecule has 0 saturated carbocycles.